The molecule has 0 aliphatic carbocycles. The Morgan fingerprint density at radius 3 is 2.50 bits per heavy atom. The fraction of sp³-hybridized carbons (Fsp3) is 0.682. The molecule has 1 atom stereocenters. The minimum atomic E-state index is -0.471. The number of hydrogen-bond acceptors (Lipinski definition) is 5. The van der Waals surface area contributed by atoms with Crippen LogP contribution in [0.1, 0.15) is 71.9 Å². The number of rotatable bonds is 12. The Kier molecular flexibility index (Phi) is 10.8. The molecule has 1 aromatic rings. The molecule has 0 radical (unpaired) electrons. The van der Waals surface area contributed by atoms with Gasteiger partial charge in [0, 0.05) is 12.6 Å². The molecule has 0 aromatic heterocycles. The summed E-state index contributed by atoms with van der Waals surface area (Å²) in [7, 11) is 1.66. The summed E-state index contributed by atoms with van der Waals surface area (Å²) in [5, 5.41) is 6.25. The fourth-order valence-corrected chi connectivity index (χ4v) is 2.64. The molecule has 0 bridgehead atoms. The lowest BCUT2D eigenvalue weighted by Gasteiger charge is -2.20. The van der Waals surface area contributed by atoms with Gasteiger partial charge < -0.3 is 24.8 Å². The van der Waals surface area contributed by atoms with Gasteiger partial charge in [0.1, 0.15) is 5.60 Å². The van der Waals surface area contributed by atoms with Gasteiger partial charge in [0.25, 0.3) is 0 Å². The first-order valence-electron chi connectivity index (χ1n) is 10.3. The highest BCUT2D eigenvalue weighted by Crippen LogP contribution is 2.30. The maximum Gasteiger partial charge on any atom is 0.407 e. The van der Waals surface area contributed by atoms with E-state index < -0.39 is 5.60 Å². The first kappa shape index (κ1) is 24.1. The van der Waals surface area contributed by atoms with Crippen LogP contribution in [-0.4, -0.2) is 38.5 Å². The van der Waals surface area contributed by atoms with Crippen molar-refractivity contribution in [2.45, 2.75) is 71.9 Å². The quantitative estimate of drug-likeness (QED) is 0.497. The van der Waals surface area contributed by atoms with Gasteiger partial charge in [0.2, 0.25) is 0 Å². The number of alkyl carbamates (subject to hydrolysis) is 1. The summed E-state index contributed by atoms with van der Waals surface area (Å²) in [6, 6.07) is 6.22. The van der Waals surface area contributed by atoms with Gasteiger partial charge in [-0.1, -0.05) is 25.8 Å². The highest BCUT2D eigenvalue weighted by molar-refractivity contribution is 5.67. The summed E-state index contributed by atoms with van der Waals surface area (Å²) in [5.41, 5.74) is 0.674. The third-order valence-electron chi connectivity index (χ3n) is 4.17. The van der Waals surface area contributed by atoms with Crippen molar-refractivity contribution in [3.63, 3.8) is 0 Å². The predicted octanol–water partition coefficient (Wildman–Crippen LogP) is 4.83. The number of carbonyl (C=O) groups is 1. The molecular weight excluding hydrogens is 356 g/mol. The lowest BCUT2D eigenvalue weighted by molar-refractivity contribution is 0.0527. The molecular formula is C22H38N2O4. The standard InChI is InChI=1S/C22H38N2O4/c1-7-8-9-15-27-20-16-18(11-12-19(20)26-6)17(2)23-13-10-14-24-21(25)28-22(3,4)5/h11-12,16-17,23H,7-10,13-15H2,1-6H3,(H,24,25). The molecule has 0 heterocycles. The van der Waals surface area contributed by atoms with E-state index in [4.69, 9.17) is 14.2 Å². The molecule has 0 saturated heterocycles. The van der Waals surface area contributed by atoms with Crippen molar-refractivity contribution in [1.29, 1.82) is 0 Å². The molecule has 1 unspecified atom stereocenters. The number of ether oxygens (including phenoxy) is 3. The van der Waals surface area contributed by atoms with Gasteiger partial charge >= 0.3 is 6.09 Å². The number of methoxy groups -OCH3 is 1. The summed E-state index contributed by atoms with van der Waals surface area (Å²) in [5.74, 6) is 1.55. The van der Waals surface area contributed by atoms with Crippen LogP contribution in [0.5, 0.6) is 11.5 Å². The van der Waals surface area contributed by atoms with Crippen LogP contribution < -0.4 is 20.1 Å². The summed E-state index contributed by atoms with van der Waals surface area (Å²) in [6.45, 7) is 11.9. The van der Waals surface area contributed by atoms with E-state index in [-0.39, 0.29) is 12.1 Å². The van der Waals surface area contributed by atoms with Crippen LogP contribution in [0.4, 0.5) is 4.79 Å². The molecule has 28 heavy (non-hydrogen) atoms. The number of amides is 1. The van der Waals surface area contributed by atoms with Crippen molar-refractivity contribution >= 4 is 6.09 Å². The lowest BCUT2D eigenvalue weighted by atomic mass is 10.1. The maximum atomic E-state index is 11.6. The average molecular weight is 395 g/mol. The Morgan fingerprint density at radius 2 is 1.86 bits per heavy atom. The van der Waals surface area contributed by atoms with Crippen molar-refractivity contribution in [3.8, 4) is 11.5 Å². The van der Waals surface area contributed by atoms with E-state index >= 15 is 0 Å². The van der Waals surface area contributed by atoms with Crippen LogP contribution in [0, 0.1) is 0 Å². The van der Waals surface area contributed by atoms with Crippen LogP contribution in [-0.2, 0) is 4.74 Å². The number of nitrogens with one attached hydrogen (secondary N) is 2. The van der Waals surface area contributed by atoms with Crippen LogP contribution >= 0.6 is 0 Å². The fourth-order valence-electron chi connectivity index (χ4n) is 2.64. The summed E-state index contributed by atoms with van der Waals surface area (Å²) < 4.78 is 16.5. The molecule has 0 saturated carbocycles. The van der Waals surface area contributed by atoms with Gasteiger partial charge in [-0.15, -0.1) is 0 Å². The predicted molar refractivity (Wildman–Crippen MR) is 113 cm³/mol. The van der Waals surface area contributed by atoms with Gasteiger partial charge in [0.05, 0.1) is 13.7 Å². The Labute approximate surface area is 170 Å². The number of benzene rings is 1. The van der Waals surface area contributed by atoms with Crippen molar-refractivity contribution in [1.82, 2.24) is 10.6 Å². The van der Waals surface area contributed by atoms with E-state index in [1.807, 2.05) is 39.0 Å². The topological polar surface area (TPSA) is 68.8 Å². The zero-order valence-electron chi connectivity index (χ0n) is 18.4. The van der Waals surface area contributed by atoms with Gasteiger partial charge in [-0.05, 0) is 64.8 Å². The summed E-state index contributed by atoms with van der Waals surface area (Å²) in [4.78, 5) is 11.6. The average Bonchev–Trinajstić information content (AvgIpc) is 2.63. The van der Waals surface area contributed by atoms with Gasteiger partial charge in [-0.3, -0.25) is 0 Å². The molecule has 6 nitrogen and oxygen atoms in total. The summed E-state index contributed by atoms with van der Waals surface area (Å²) >= 11 is 0. The smallest absolute Gasteiger partial charge is 0.407 e. The molecule has 2 N–H and O–H groups in total. The molecule has 160 valence electrons. The molecule has 0 spiro atoms. The zero-order valence-corrected chi connectivity index (χ0v) is 18.4. The molecule has 0 fully saturated rings. The van der Waals surface area contributed by atoms with E-state index in [9.17, 15) is 4.79 Å². The third kappa shape index (κ3) is 9.83. The Hall–Kier alpha value is -1.95. The van der Waals surface area contributed by atoms with E-state index in [1.54, 1.807) is 7.11 Å². The Morgan fingerprint density at radius 1 is 1.11 bits per heavy atom. The van der Waals surface area contributed by atoms with Crippen molar-refractivity contribution in [2.24, 2.45) is 0 Å². The highest BCUT2D eigenvalue weighted by atomic mass is 16.6. The van der Waals surface area contributed by atoms with Crippen LogP contribution in [0.25, 0.3) is 0 Å². The molecule has 0 aliphatic rings. The zero-order chi connectivity index (χ0) is 21.0. The molecule has 0 aliphatic heterocycles. The van der Waals surface area contributed by atoms with Gasteiger partial charge in [0.15, 0.2) is 11.5 Å². The monoisotopic (exact) mass is 394 g/mol. The molecule has 1 rings (SSSR count). The highest BCUT2D eigenvalue weighted by Gasteiger charge is 2.15. The van der Waals surface area contributed by atoms with Crippen molar-refractivity contribution in [3.05, 3.63) is 23.8 Å². The van der Waals surface area contributed by atoms with E-state index in [0.717, 1.165) is 42.9 Å². The van der Waals surface area contributed by atoms with E-state index in [0.29, 0.717) is 13.2 Å². The minimum Gasteiger partial charge on any atom is -0.493 e. The van der Waals surface area contributed by atoms with Crippen molar-refractivity contribution < 1.29 is 19.0 Å². The number of hydrogen-bond donors (Lipinski definition) is 2. The van der Waals surface area contributed by atoms with Gasteiger partial charge in [-0.2, -0.15) is 0 Å². The summed E-state index contributed by atoms with van der Waals surface area (Å²) in [6.07, 6.45) is 3.82. The second-order valence-corrected chi connectivity index (χ2v) is 7.92. The Balaban J connectivity index is 2.42. The first-order chi connectivity index (χ1) is 13.3. The van der Waals surface area contributed by atoms with Crippen molar-refractivity contribution in [2.75, 3.05) is 26.8 Å². The third-order valence-corrected chi connectivity index (χ3v) is 4.17. The van der Waals surface area contributed by atoms with E-state index in [2.05, 4.69) is 24.5 Å². The molecule has 6 heteroatoms. The minimum absolute atomic E-state index is 0.172. The van der Waals surface area contributed by atoms with Crippen LogP contribution in [0.3, 0.4) is 0 Å². The molecule has 1 aromatic carbocycles. The lowest BCUT2D eigenvalue weighted by Crippen LogP contribution is -2.34. The largest absolute Gasteiger partial charge is 0.493 e. The SMILES string of the molecule is CCCCCOc1cc(C(C)NCCCNC(=O)OC(C)(C)C)ccc1OC. The first-order valence-corrected chi connectivity index (χ1v) is 10.3. The number of carbonyl (C=O) groups excluding carboxylic acids is 1. The molecule has 1 amide bonds. The number of unbranched alkanes of at least 4 members (excludes halogenated alkanes) is 2. The Bertz CT molecular complexity index is 584. The van der Waals surface area contributed by atoms with Crippen LogP contribution in [0.15, 0.2) is 18.2 Å². The second kappa shape index (κ2) is 12.5. The maximum absolute atomic E-state index is 11.6. The second-order valence-electron chi connectivity index (χ2n) is 7.92. The van der Waals surface area contributed by atoms with E-state index in [1.165, 1.54) is 6.42 Å². The van der Waals surface area contributed by atoms with Crippen LogP contribution in [0.2, 0.25) is 0 Å². The van der Waals surface area contributed by atoms with Gasteiger partial charge in [-0.25, -0.2) is 4.79 Å². The normalized spacial score (nSPS) is 12.4.